The lowest BCUT2D eigenvalue weighted by atomic mass is 10.0. The molecule has 0 amide bonds. The fourth-order valence-corrected chi connectivity index (χ4v) is 1.45. The Bertz CT molecular complexity index is 533. The van der Waals surface area contributed by atoms with Crippen LogP contribution in [-0.4, -0.2) is 22.6 Å². The van der Waals surface area contributed by atoms with Gasteiger partial charge in [0.1, 0.15) is 17.4 Å². The van der Waals surface area contributed by atoms with Crippen LogP contribution in [0.4, 0.5) is 5.69 Å². The van der Waals surface area contributed by atoms with E-state index in [1.54, 1.807) is 13.0 Å². The Morgan fingerprint density at radius 3 is 2.78 bits per heavy atom. The van der Waals surface area contributed by atoms with E-state index in [9.17, 15) is 20.0 Å². The summed E-state index contributed by atoms with van der Waals surface area (Å²) in [5.41, 5.74) is -0.703. The lowest BCUT2D eigenvalue weighted by molar-refractivity contribution is -0.385. The number of nitro groups is 1. The standard InChI is InChI=1S/C11H10N2O5/c1-2-18-11(15)4-7-3-8(14)5-10(13(16)17)9(7)6-12/h3,5,14H,2,4H2,1H3. The topological polar surface area (TPSA) is 113 Å². The van der Waals surface area contributed by atoms with Gasteiger partial charge < -0.3 is 9.84 Å². The first kappa shape index (κ1) is 13.4. The highest BCUT2D eigenvalue weighted by molar-refractivity contribution is 5.75. The van der Waals surface area contributed by atoms with Crippen molar-refractivity contribution in [2.45, 2.75) is 13.3 Å². The van der Waals surface area contributed by atoms with E-state index in [4.69, 9.17) is 5.26 Å². The number of carbonyl (C=O) groups excluding carboxylic acids is 1. The third-order valence-electron chi connectivity index (χ3n) is 2.13. The Morgan fingerprint density at radius 1 is 1.61 bits per heavy atom. The number of rotatable bonds is 4. The number of nitrogens with zero attached hydrogens (tertiary/aromatic N) is 2. The monoisotopic (exact) mass is 250 g/mol. The number of ether oxygens (including phenoxy) is 1. The first-order valence-corrected chi connectivity index (χ1v) is 5.05. The molecule has 0 spiro atoms. The normalized spacial score (nSPS) is 9.56. The average molecular weight is 250 g/mol. The minimum absolute atomic E-state index is 0.0719. The summed E-state index contributed by atoms with van der Waals surface area (Å²) >= 11 is 0. The molecule has 1 aromatic carbocycles. The quantitative estimate of drug-likeness (QED) is 0.489. The van der Waals surface area contributed by atoms with Gasteiger partial charge in [-0.25, -0.2) is 0 Å². The molecule has 0 bridgehead atoms. The zero-order valence-electron chi connectivity index (χ0n) is 9.54. The second-order valence-corrected chi connectivity index (χ2v) is 3.35. The van der Waals surface area contributed by atoms with Crippen molar-refractivity contribution in [3.63, 3.8) is 0 Å². The van der Waals surface area contributed by atoms with Gasteiger partial charge in [0.2, 0.25) is 0 Å². The molecule has 94 valence electrons. The second kappa shape index (κ2) is 5.63. The molecule has 0 atom stereocenters. The van der Waals surface area contributed by atoms with Crippen molar-refractivity contribution in [3.8, 4) is 11.8 Å². The van der Waals surface area contributed by atoms with E-state index >= 15 is 0 Å². The average Bonchev–Trinajstić information content (AvgIpc) is 2.28. The number of aromatic hydroxyl groups is 1. The number of nitro benzene ring substituents is 1. The molecule has 0 aliphatic carbocycles. The smallest absolute Gasteiger partial charge is 0.310 e. The van der Waals surface area contributed by atoms with E-state index in [0.717, 1.165) is 12.1 Å². The van der Waals surface area contributed by atoms with Crippen LogP contribution in [0.3, 0.4) is 0 Å². The van der Waals surface area contributed by atoms with Crippen LogP contribution in [0.25, 0.3) is 0 Å². The maximum absolute atomic E-state index is 11.3. The number of phenolic OH excluding ortho intramolecular Hbond substituents is 1. The number of hydrogen-bond donors (Lipinski definition) is 1. The van der Waals surface area contributed by atoms with Crippen molar-refractivity contribution in [3.05, 3.63) is 33.4 Å². The van der Waals surface area contributed by atoms with Crippen LogP contribution < -0.4 is 0 Å². The van der Waals surface area contributed by atoms with Crippen molar-refractivity contribution >= 4 is 11.7 Å². The van der Waals surface area contributed by atoms with Gasteiger partial charge in [-0.1, -0.05) is 0 Å². The number of hydrogen-bond acceptors (Lipinski definition) is 6. The molecule has 0 aliphatic rings. The van der Waals surface area contributed by atoms with Crippen LogP contribution in [0.15, 0.2) is 12.1 Å². The lowest BCUT2D eigenvalue weighted by Crippen LogP contribution is -2.09. The molecule has 1 rings (SSSR count). The van der Waals surface area contributed by atoms with Crippen LogP contribution in [0.1, 0.15) is 18.1 Å². The van der Waals surface area contributed by atoms with Crippen LogP contribution in [-0.2, 0) is 16.0 Å². The highest BCUT2D eigenvalue weighted by Crippen LogP contribution is 2.27. The third kappa shape index (κ3) is 2.95. The number of nitriles is 1. The third-order valence-corrected chi connectivity index (χ3v) is 2.13. The Balaban J connectivity index is 3.23. The van der Waals surface area contributed by atoms with Gasteiger partial charge in [0.05, 0.1) is 24.0 Å². The molecular formula is C11H10N2O5. The van der Waals surface area contributed by atoms with Crippen molar-refractivity contribution in [1.82, 2.24) is 0 Å². The predicted octanol–water partition coefficient (Wildman–Crippen LogP) is 1.28. The molecule has 7 nitrogen and oxygen atoms in total. The van der Waals surface area contributed by atoms with E-state index in [0.29, 0.717) is 0 Å². The van der Waals surface area contributed by atoms with Gasteiger partial charge in [0.15, 0.2) is 0 Å². The molecule has 0 heterocycles. The van der Waals surface area contributed by atoms with Crippen molar-refractivity contribution < 1.29 is 19.6 Å². The highest BCUT2D eigenvalue weighted by Gasteiger charge is 2.21. The van der Waals surface area contributed by atoms with E-state index in [1.807, 2.05) is 0 Å². The number of carbonyl (C=O) groups is 1. The Hall–Kier alpha value is -2.62. The van der Waals surface area contributed by atoms with E-state index in [1.165, 1.54) is 0 Å². The Kier molecular flexibility index (Phi) is 4.21. The van der Waals surface area contributed by atoms with Crippen LogP contribution in [0.2, 0.25) is 0 Å². The summed E-state index contributed by atoms with van der Waals surface area (Å²) in [6.45, 7) is 1.79. The molecule has 0 aliphatic heterocycles. The Labute approximate surface area is 102 Å². The first-order chi connectivity index (χ1) is 8.49. The molecule has 7 heteroatoms. The summed E-state index contributed by atoms with van der Waals surface area (Å²) in [4.78, 5) is 21.2. The van der Waals surface area contributed by atoms with Crippen molar-refractivity contribution in [2.24, 2.45) is 0 Å². The zero-order chi connectivity index (χ0) is 13.7. The molecular weight excluding hydrogens is 240 g/mol. The van der Waals surface area contributed by atoms with Gasteiger partial charge in [-0.3, -0.25) is 14.9 Å². The van der Waals surface area contributed by atoms with Gasteiger partial charge in [-0.2, -0.15) is 5.26 Å². The van der Waals surface area contributed by atoms with Gasteiger partial charge in [0.25, 0.3) is 5.69 Å². The fraction of sp³-hybridized carbons (Fsp3) is 0.273. The van der Waals surface area contributed by atoms with E-state index in [2.05, 4.69) is 4.74 Å². The SMILES string of the molecule is CCOC(=O)Cc1cc(O)cc([N+](=O)[O-])c1C#N. The molecule has 0 unspecified atom stereocenters. The summed E-state index contributed by atoms with van der Waals surface area (Å²) in [5, 5.41) is 29.0. The van der Waals surface area contributed by atoms with Gasteiger partial charge in [-0.05, 0) is 18.6 Å². The number of benzene rings is 1. The predicted molar refractivity (Wildman–Crippen MR) is 59.8 cm³/mol. The molecule has 0 aromatic heterocycles. The zero-order valence-corrected chi connectivity index (χ0v) is 9.54. The van der Waals surface area contributed by atoms with Gasteiger partial charge in [0, 0.05) is 0 Å². The molecule has 0 saturated carbocycles. The highest BCUT2D eigenvalue weighted by atomic mass is 16.6. The minimum atomic E-state index is -0.785. The molecule has 0 radical (unpaired) electrons. The van der Waals surface area contributed by atoms with Gasteiger partial charge >= 0.3 is 5.97 Å². The first-order valence-electron chi connectivity index (χ1n) is 5.05. The molecule has 0 fully saturated rings. The molecule has 0 saturated heterocycles. The van der Waals surface area contributed by atoms with Crippen LogP contribution >= 0.6 is 0 Å². The fourth-order valence-electron chi connectivity index (χ4n) is 1.45. The van der Waals surface area contributed by atoms with Crippen molar-refractivity contribution in [1.29, 1.82) is 5.26 Å². The second-order valence-electron chi connectivity index (χ2n) is 3.35. The molecule has 1 N–H and O–H groups in total. The summed E-state index contributed by atoms with van der Waals surface area (Å²) in [7, 11) is 0. The van der Waals surface area contributed by atoms with Crippen LogP contribution in [0, 0.1) is 21.4 Å². The largest absolute Gasteiger partial charge is 0.508 e. The maximum atomic E-state index is 11.3. The lowest BCUT2D eigenvalue weighted by Gasteiger charge is -2.05. The summed E-state index contributed by atoms with van der Waals surface area (Å²) in [5.74, 6) is -0.992. The molecule has 18 heavy (non-hydrogen) atoms. The maximum Gasteiger partial charge on any atom is 0.310 e. The summed E-state index contributed by atoms with van der Waals surface area (Å²) in [6.07, 6.45) is -0.300. The summed E-state index contributed by atoms with van der Waals surface area (Å²) in [6, 6.07) is 3.67. The number of phenols is 1. The number of esters is 1. The van der Waals surface area contributed by atoms with Crippen molar-refractivity contribution in [2.75, 3.05) is 6.61 Å². The Morgan fingerprint density at radius 2 is 2.28 bits per heavy atom. The van der Waals surface area contributed by atoms with Crippen LogP contribution in [0.5, 0.6) is 5.75 Å². The van der Waals surface area contributed by atoms with E-state index < -0.39 is 16.6 Å². The summed E-state index contributed by atoms with van der Waals surface area (Å²) < 4.78 is 4.69. The van der Waals surface area contributed by atoms with Gasteiger partial charge in [-0.15, -0.1) is 0 Å². The molecule has 1 aromatic rings. The minimum Gasteiger partial charge on any atom is -0.508 e. The van der Waals surface area contributed by atoms with E-state index in [-0.39, 0.29) is 29.9 Å².